The van der Waals surface area contributed by atoms with Gasteiger partial charge < -0.3 is 5.32 Å². The minimum Gasteiger partial charge on any atom is -0.310 e. The molecule has 20 heavy (non-hydrogen) atoms. The van der Waals surface area contributed by atoms with Crippen molar-refractivity contribution in [1.82, 2.24) is 10.3 Å². The van der Waals surface area contributed by atoms with Gasteiger partial charge in [-0.05, 0) is 36.5 Å². The Kier molecular flexibility index (Phi) is 3.83. The van der Waals surface area contributed by atoms with Crippen molar-refractivity contribution < 1.29 is 0 Å². The van der Waals surface area contributed by atoms with Gasteiger partial charge in [0.2, 0.25) is 0 Å². The molecule has 104 valence electrons. The van der Waals surface area contributed by atoms with Crippen molar-refractivity contribution in [1.29, 1.82) is 0 Å². The number of nitrogens with zero attached hydrogens (tertiary/aromatic N) is 1. The lowest BCUT2D eigenvalue weighted by Gasteiger charge is -2.13. The molecule has 0 unspecified atom stereocenters. The number of benzene rings is 1. The second kappa shape index (κ2) is 5.76. The van der Waals surface area contributed by atoms with Gasteiger partial charge in [-0.2, -0.15) is 0 Å². The van der Waals surface area contributed by atoms with Crippen LogP contribution in [-0.2, 0) is 0 Å². The van der Waals surface area contributed by atoms with E-state index in [2.05, 4.69) is 54.5 Å². The highest BCUT2D eigenvalue weighted by Crippen LogP contribution is 2.23. The lowest BCUT2D eigenvalue weighted by molar-refractivity contribution is 0.663. The highest BCUT2D eigenvalue weighted by molar-refractivity contribution is 5.87. The average Bonchev–Trinajstić information content (AvgIpc) is 3.27. The largest absolute Gasteiger partial charge is 0.310 e. The zero-order chi connectivity index (χ0) is 13.9. The summed E-state index contributed by atoms with van der Waals surface area (Å²) >= 11 is 0. The van der Waals surface area contributed by atoms with Gasteiger partial charge in [-0.15, -0.1) is 0 Å². The van der Waals surface area contributed by atoms with Crippen LogP contribution in [0.25, 0.3) is 17.0 Å². The maximum atomic E-state index is 4.43. The van der Waals surface area contributed by atoms with Gasteiger partial charge in [0, 0.05) is 24.2 Å². The lowest BCUT2D eigenvalue weighted by atomic mass is 9.98. The molecule has 0 bridgehead atoms. The number of pyridine rings is 1. The molecule has 1 N–H and O–H groups in total. The van der Waals surface area contributed by atoms with Crippen LogP contribution in [0.2, 0.25) is 0 Å². The van der Waals surface area contributed by atoms with Gasteiger partial charge >= 0.3 is 0 Å². The number of fused-ring (bicyclic) bond motifs is 1. The van der Waals surface area contributed by atoms with Gasteiger partial charge in [0.05, 0.1) is 5.52 Å². The predicted molar refractivity (Wildman–Crippen MR) is 85.6 cm³/mol. The molecule has 1 aromatic carbocycles. The van der Waals surface area contributed by atoms with Gasteiger partial charge in [-0.3, -0.25) is 4.98 Å². The topological polar surface area (TPSA) is 24.9 Å². The van der Waals surface area contributed by atoms with Gasteiger partial charge in [0.25, 0.3) is 0 Å². The number of para-hydroxylation sites is 1. The summed E-state index contributed by atoms with van der Waals surface area (Å²) in [4.78, 5) is 4.43. The summed E-state index contributed by atoms with van der Waals surface area (Å²) in [6, 6.07) is 11.2. The van der Waals surface area contributed by atoms with Crippen LogP contribution in [0.5, 0.6) is 0 Å². The summed E-state index contributed by atoms with van der Waals surface area (Å²) in [6.45, 7) is 5.53. The molecule has 1 aliphatic rings. The SMILES string of the molecule is CC(C)C(=Cc1ccnc2ccccc12)CNC1CC1. The van der Waals surface area contributed by atoms with E-state index in [-0.39, 0.29) is 0 Å². The van der Waals surface area contributed by atoms with Gasteiger partial charge in [0.15, 0.2) is 0 Å². The third kappa shape index (κ3) is 3.07. The van der Waals surface area contributed by atoms with E-state index in [0.29, 0.717) is 5.92 Å². The van der Waals surface area contributed by atoms with E-state index in [1.807, 2.05) is 12.3 Å². The van der Waals surface area contributed by atoms with Crippen molar-refractivity contribution in [2.24, 2.45) is 5.92 Å². The first-order chi connectivity index (χ1) is 9.74. The van der Waals surface area contributed by atoms with E-state index in [9.17, 15) is 0 Å². The summed E-state index contributed by atoms with van der Waals surface area (Å²) in [5, 5.41) is 4.86. The Morgan fingerprint density at radius 3 is 2.85 bits per heavy atom. The molecule has 1 saturated carbocycles. The molecule has 0 saturated heterocycles. The summed E-state index contributed by atoms with van der Waals surface area (Å²) in [7, 11) is 0. The van der Waals surface area contributed by atoms with Crippen LogP contribution in [0, 0.1) is 5.92 Å². The van der Waals surface area contributed by atoms with E-state index in [1.54, 1.807) is 0 Å². The van der Waals surface area contributed by atoms with E-state index < -0.39 is 0 Å². The molecule has 0 atom stereocenters. The van der Waals surface area contributed by atoms with E-state index in [0.717, 1.165) is 18.1 Å². The van der Waals surface area contributed by atoms with Crippen molar-refractivity contribution in [2.45, 2.75) is 32.7 Å². The second-order valence-corrected chi connectivity index (χ2v) is 5.95. The zero-order valence-electron chi connectivity index (χ0n) is 12.3. The van der Waals surface area contributed by atoms with Crippen LogP contribution in [-0.4, -0.2) is 17.6 Å². The highest BCUT2D eigenvalue weighted by atomic mass is 14.9. The molecular weight excluding hydrogens is 244 g/mol. The normalized spacial score (nSPS) is 16.1. The van der Waals surface area contributed by atoms with Crippen LogP contribution >= 0.6 is 0 Å². The predicted octanol–water partition coefficient (Wildman–Crippen LogP) is 4.03. The van der Waals surface area contributed by atoms with Gasteiger partial charge in [0.1, 0.15) is 0 Å². The standard InChI is InChI=1S/C18H22N2/c1-13(2)15(12-20-16-7-8-16)11-14-9-10-19-18-6-4-3-5-17(14)18/h3-6,9-11,13,16,20H,7-8,12H2,1-2H3. The molecule has 3 rings (SSSR count). The third-order valence-electron chi connectivity index (χ3n) is 3.94. The molecule has 1 aromatic heterocycles. The first-order valence-electron chi connectivity index (χ1n) is 7.51. The van der Waals surface area contributed by atoms with Crippen LogP contribution in [0.15, 0.2) is 42.1 Å². The number of rotatable bonds is 5. The highest BCUT2D eigenvalue weighted by Gasteiger charge is 2.20. The van der Waals surface area contributed by atoms with E-state index in [1.165, 1.54) is 29.4 Å². The molecule has 1 heterocycles. The summed E-state index contributed by atoms with van der Waals surface area (Å²) < 4.78 is 0. The van der Waals surface area contributed by atoms with Crippen molar-refractivity contribution in [3.05, 3.63) is 47.7 Å². The Balaban J connectivity index is 1.92. The van der Waals surface area contributed by atoms with Crippen molar-refractivity contribution in [2.75, 3.05) is 6.54 Å². The number of nitrogens with one attached hydrogen (secondary N) is 1. The maximum Gasteiger partial charge on any atom is 0.0707 e. The first-order valence-corrected chi connectivity index (χ1v) is 7.51. The maximum absolute atomic E-state index is 4.43. The molecular formula is C18H22N2. The third-order valence-corrected chi connectivity index (χ3v) is 3.94. The molecule has 0 spiro atoms. The molecule has 1 fully saturated rings. The molecule has 0 aliphatic heterocycles. The molecule has 0 radical (unpaired) electrons. The van der Waals surface area contributed by atoms with E-state index in [4.69, 9.17) is 0 Å². The van der Waals surface area contributed by atoms with Gasteiger partial charge in [-0.1, -0.05) is 43.7 Å². The minimum atomic E-state index is 0.563. The van der Waals surface area contributed by atoms with Gasteiger partial charge in [-0.25, -0.2) is 0 Å². The Hall–Kier alpha value is -1.67. The number of aromatic nitrogens is 1. The Morgan fingerprint density at radius 1 is 1.30 bits per heavy atom. The molecule has 2 nitrogen and oxygen atoms in total. The molecule has 1 aliphatic carbocycles. The van der Waals surface area contributed by atoms with Crippen LogP contribution in [0.4, 0.5) is 0 Å². The minimum absolute atomic E-state index is 0.563. The van der Waals surface area contributed by atoms with Crippen molar-refractivity contribution in [3.63, 3.8) is 0 Å². The number of hydrogen-bond donors (Lipinski definition) is 1. The second-order valence-electron chi connectivity index (χ2n) is 5.95. The summed E-state index contributed by atoms with van der Waals surface area (Å²) in [5.74, 6) is 0.563. The summed E-state index contributed by atoms with van der Waals surface area (Å²) in [6.07, 6.45) is 6.91. The Morgan fingerprint density at radius 2 is 2.10 bits per heavy atom. The fraction of sp³-hybridized carbons (Fsp3) is 0.389. The Labute approximate surface area is 120 Å². The number of hydrogen-bond acceptors (Lipinski definition) is 2. The van der Waals surface area contributed by atoms with Crippen molar-refractivity contribution in [3.8, 4) is 0 Å². The van der Waals surface area contributed by atoms with Crippen molar-refractivity contribution >= 4 is 17.0 Å². The van der Waals surface area contributed by atoms with Crippen LogP contribution < -0.4 is 5.32 Å². The van der Waals surface area contributed by atoms with Crippen LogP contribution in [0.1, 0.15) is 32.3 Å². The molecule has 2 heteroatoms. The molecule has 0 amide bonds. The Bertz CT molecular complexity index is 619. The monoisotopic (exact) mass is 266 g/mol. The smallest absolute Gasteiger partial charge is 0.0707 e. The zero-order valence-corrected chi connectivity index (χ0v) is 12.3. The van der Waals surface area contributed by atoms with E-state index >= 15 is 0 Å². The first kappa shape index (κ1) is 13.3. The fourth-order valence-electron chi connectivity index (χ4n) is 2.42. The lowest BCUT2D eigenvalue weighted by Crippen LogP contribution is -2.21. The fourth-order valence-corrected chi connectivity index (χ4v) is 2.42. The quantitative estimate of drug-likeness (QED) is 0.884. The van der Waals surface area contributed by atoms with Crippen LogP contribution in [0.3, 0.4) is 0 Å². The summed E-state index contributed by atoms with van der Waals surface area (Å²) in [5.41, 5.74) is 3.81. The average molecular weight is 266 g/mol. The molecule has 2 aromatic rings.